The van der Waals surface area contributed by atoms with Gasteiger partial charge in [-0.05, 0) is 43.9 Å². The molecule has 0 atom stereocenters. The maximum Gasteiger partial charge on any atom is 0.267 e. The van der Waals surface area contributed by atoms with Crippen LogP contribution in [0.3, 0.4) is 0 Å². The van der Waals surface area contributed by atoms with Crippen LogP contribution >= 0.6 is 0 Å². The van der Waals surface area contributed by atoms with Gasteiger partial charge in [-0.2, -0.15) is 0 Å². The number of aromatic nitrogens is 1. The largest absolute Gasteiger partial charge is 0.490 e. The maximum absolute atomic E-state index is 11.2. The number of carbonyl (C=O) groups excluding carboxylic acids is 1. The fourth-order valence-electron chi connectivity index (χ4n) is 2.82. The highest BCUT2D eigenvalue weighted by atomic mass is 16.5. The van der Waals surface area contributed by atoms with Gasteiger partial charge in [-0.1, -0.05) is 18.2 Å². The second-order valence-electron chi connectivity index (χ2n) is 5.78. The number of amides is 1. The van der Waals surface area contributed by atoms with E-state index in [9.17, 15) is 4.79 Å². The second-order valence-corrected chi connectivity index (χ2v) is 5.78. The first kappa shape index (κ1) is 15.3. The van der Waals surface area contributed by atoms with Crippen molar-refractivity contribution in [2.45, 2.75) is 38.3 Å². The quantitative estimate of drug-likeness (QED) is 0.859. The first-order valence-electron chi connectivity index (χ1n) is 7.96. The lowest BCUT2D eigenvalue weighted by Crippen LogP contribution is -2.14. The highest BCUT2D eigenvalue weighted by molar-refractivity contribution is 5.91. The summed E-state index contributed by atoms with van der Waals surface area (Å²) in [7, 11) is 0. The van der Waals surface area contributed by atoms with Crippen molar-refractivity contribution in [3.8, 4) is 5.75 Å². The van der Waals surface area contributed by atoms with Crippen LogP contribution in [0, 0.1) is 0 Å². The van der Waals surface area contributed by atoms with Gasteiger partial charge in [-0.25, -0.2) is 0 Å². The van der Waals surface area contributed by atoms with Gasteiger partial charge >= 0.3 is 0 Å². The van der Waals surface area contributed by atoms with E-state index in [1.165, 1.54) is 12.8 Å². The Kier molecular flexibility index (Phi) is 4.76. The van der Waals surface area contributed by atoms with E-state index in [1.807, 2.05) is 30.3 Å². The molecule has 1 aromatic carbocycles. The summed E-state index contributed by atoms with van der Waals surface area (Å²) in [6.45, 7) is 0.616. The fraction of sp³-hybridized carbons (Fsp3) is 0.333. The molecule has 1 aliphatic carbocycles. The van der Waals surface area contributed by atoms with E-state index in [0.717, 1.165) is 29.8 Å². The first-order chi connectivity index (χ1) is 11.2. The number of carbonyl (C=O) groups is 1. The summed E-state index contributed by atoms with van der Waals surface area (Å²) in [5.41, 5.74) is 7.42. The predicted molar refractivity (Wildman–Crippen MR) is 89.4 cm³/mol. The molecule has 5 heteroatoms. The van der Waals surface area contributed by atoms with Gasteiger partial charge in [-0.3, -0.25) is 9.78 Å². The van der Waals surface area contributed by atoms with Crippen molar-refractivity contribution in [3.05, 3.63) is 53.9 Å². The number of nitrogens with zero attached hydrogens (tertiary/aromatic N) is 1. The molecule has 1 aromatic heterocycles. The number of hydrogen-bond acceptors (Lipinski definition) is 4. The van der Waals surface area contributed by atoms with Crippen LogP contribution in [0.1, 0.15) is 41.7 Å². The fourth-order valence-corrected chi connectivity index (χ4v) is 2.82. The van der Waals surface area contributed by atoms with Gasteiger partial charge in [-0.15, -0.1) is 0 Å². The Morgan fingerprint density at radius 3 is 2.83 bits per heavy atom. The molecule has 0 radical (unpaired) electrons. The van der Waals surface area contributed by atoms with Crippen LogP contribution < -0.4 is 15.8 Å². The van der Waals surface area contributed by atoms with E-state index in [0.29, 0.717) is 12.6 Å². The van der Waals surface area contributed by atoms with Gasteiger partial charge in [0.1, 0.15) is 11.4 Å². The van der Waals surface area contributed by atoms with Crippen molar-refractivity contribution in [2.24, 2.45) is 5.73 Å². The van der Waals surface area contributed by atoms with Gasteiger partial charge in [0.25, 0.3) is 5.91 Å². The molecular weight excluding hydrogens is 290 g/mol. The second kappa shape index (κ2) is 7.13. The summed E-state index contributed by atoms with van der Waals surface area (Å²) in [4.78, 5) is 15.1. The Morgan fingerprint density at radius 2 is 2.04 bits per heavy atom. The molecule has 1 aliphatic rings. The topological polar surface area (TPSA) is 77.2 Å². The van der Waals surface area contributed by atoms with Crippen LogP contribution in [0.25, 0.3) is 0 Å². The standard InChI is InChI=1S/C18H21N3O2/c19-18(22)16-11-14(9-10-20-16)21-12-13-5-1-4-8-17(13)23-15-6-2-3-7-15/h1,4-5,8-11,15H,2-3,6-7,12H2,(H2,19,22)(H,20,21). The Bertz CT molecular complexity index is 681. The number of para-hydroxylation sites is 1. The molecule has 3 N–H and O–H groups in total. The van der Waals surface area contributed by atoms with Crippen LogP contribution in [0.5, 0.6) is 5.75 Å². The zero-order valence-corrected chi connectivity index (χ0v) is 13.0. The average molecular weight is 311 g/mol. The van der Waals surface area contributed by atoms with Crippen molar-refractivity contribution in [2.75, 3.05) is 5.32 Å². The summed E-state index contributed by atoms with van der Waals surface area (Å²) in [6, 6.07) is 11.5. The zero-order chi connectivity index (χ0) is 16.1. The normalized spacial score (nSPS) is 14.6. The van der Waals surface area contributed by atoms with E-state index in [4.69, 9.17) is 10.5 Å². The molecule has 5 nitrogen and oxygen atoms in total. The van der Waals surface area contributed by atoms with E-state index in [2.05, 4.69) is 10.3 Å². The van der Waals surface area contributed by atoms with E-state index in [1.54, 1.807) is 12.3 Å². The van der Waals surface area contributed by atoms with E-state index < -0.39 is 5.91 Å². The minimum Gasteiger partial charge on any atom is -0.490 e. The highest BCUT2D eigenvalue weighted by Crippen LogP contribution is 2.27. The van der Waals surface area contributed by atoms with Gasteiger partial charge in [0.2, 0.25) is 0 Å². The van der Waals surface area contributed by atoms with Crippen molar-refractivity contribution >= 4 is 11.6 Å². The molecule has 1 saturated carbocycles. The molecule has 2 aromatic rings. The van der Waals surface area contributed by atoms with Crippen LogP contribution in [0.15, 0.2) is 42.6 Å². The molecule has 0 spiro atoms. The summed E-state index contributed by atoms with van der Waals surface area (Å²) in [5, 5.41) is 3.29. The molecule has 1 amide bonds. The third kappa shape index (κ3) is 4.00. The Hall–Kier alpha value is -2.56. The Balaban J connectivity index is 1.68. The Morgan fingerprint density at radius 1 is 1.26 bits per heavy atom. The molecule has 120 valence electrons. The number of ether oxygens (including phenoxy) is 1. The summed E-state index contributed by atoms with van der Waals surface area (Å²) < 4.78 is 6.13. The molecule has 0 bridgehead atoms. The van der Waals surface area contributed by atoms with Crippen molar-refractivity contribution in [1.82, 2.24) is 4.98 Å². The van der Waals surface area contributed by atoms with Crippen LogP contribution in [0.4, 0.5) is 5.69 Å². The van der Waals surface area contributed by atoms with E-state index in [-0.39, 0.29) is 5.69 Å². The molecule has 0 unspecified atom stereocenters. The molecule has 0 aliphatic heterocycles. The minimum absolute atomic E-state index is 0.255. The summed E-state index contributed by atoms with van der Waals surface area (Å²) in [5.74, 6) is 0.398. The highest BCUT2D eigenvalue weighted by Gasteiger charge is 2.17. The van der Waals surface area contributed by atoms with Gasteiger partial charge in [0, 0.05) is 24.0 Å². The SMILES string of the molecule is NC(=O)c1cc(NCc2ccccc2OC2CCCC2)ccn1. The van der Waals surface area contributed by atoms with Crippen LogP contribution in [-0.2, 0) is 6.54 Å². The number of benzene rings is 1. The lowest BCUT2D eigenvalue weighted by molar-refractivity contribution is 0.0995. The summed E-state index contributed by atoms with van der Waals surface area (Å²) >= 11 is 0. The van der Waals surface area contributed by atoms with Crippen molar-refractivity contribution < 1.29 is 9.53 Å². The van der Waals surface area contributed by atoms with Crippen molar-refractivity contribution in [3.63, 3.8) is 0 Å². The first-order valence-corrected chi connectivity index (χ1v) is 7.96. The monoisotopic (exact) mass is 311 g/mol. The van der Waals surface area contributed by atoms with Gasteiger partial charge in [0.05, 0.1) is 6.10 Å². The number of pyridine rings is 1. The Labute approximate surface area is 135 Å². The number of rotatable bonds is 6. The lowest BCUT2D eigenvalue weighted by atomic mass is 10.2. The maximum atomic E-state index is 11.2. The van der Waals surface area contributed by atoms with Crippen LogP contribution in [0.2, 0.25) is 0 Å². The minimum atomic E-state index is -0.529. The third-order valence-corrected chi connectivity index (χ3v) is 4.06. The number of nitrogens with one attached hydrogen (secondary N) is 1. The average Bonchev–Trinajstić information content (AvgIpc) is 3.07. The number of hydrogen-bond donors (Lipinski definition) is 2. The molecule has 3 rings (SSSR count). The van der Waals surface area contributed by atoms with Gasteiger partial charge < -0.3 is 15.8 Å². The summed E-state index contributed by atoms with van der Waals surface area (Å²) in [6.07, 6.45) is 6.67. The van der Waals surface area contributed by atoms with Crippen LogP contribution in [-0.4, -0.2) is 17.0 Å². The van der Waals surface area contributed by atoms with Crippen molar-refractivity contribution in [1.29, 1.82) is 0 Å². The predicted octanol–water partition coefficient (Wildman–Crippen LogP) is 3.11. The van der Waals surface area contributed by atoms with E-state index >= 15 is 0 Å². The molecule has 23 heavy (non-hydrogen) atoms. The smallest absolute Gasteiger partial charge is 0.267 e. The third-order valence-electron chi connectivity index (χ3n) is 4.06. The number of anilines is 1. The molecule has 0 saturated heterocycles. The molecular formula is C18H21N3O2. The number of nitrogens with two attached hydrogens (primary N) is 1. The molecule has 1 fully saturated rings. The lowest BCUT2D eigenvalue weighted by Gasteiger charge is -2.17. The van der Waals surface area contributed by atoms with Gasteiger partial charge in [0.15, 0.2) is 0 Å². The zero-order valence-electron chi connectivity index (χ0n) is 13.0. The molecule has 1 heterocycles. The number of primary amides is 1.